The van der Waals surface area contributed by atoms with Crippen LogP contribution in [-0.2, 0) is 4.79 Å². The van der Waals surface area contributed by atoms with E-state index in [0.29, 0.717) is 17.0 Å². The zero-order valence-electron chi connectivity index (χ0n) is 13.3. The molecule has 2 aromatic rings. The molecular weight excluding hydrogens is 312 g/mol. The molecule has 2 N–H and O–H groups in total. The predicted octanol–water partition coefficient (Wildman–Crippen LogP) is 2.71. The number of hydrogen-bond donors (Lipinski definition) is 2. The lowest BCUT2D eigenvalue weighted by molar-refractivity contribution is -0.384. The second-order valence-corrected chi connectivity index (χ2v) is 5.26. The normalized spacial score (nSPS) is 13.0. The Hall–Kier alpha value is -2.93. The molecule has 0 aromatic heterocycles. The van der Waals surface area contributed by atoms with Gasteiger partial charge in [-0.05, 0) is 24.6 Å². The molecule has 2 atom stereocenters. The Kier molecular flexibility index (Phi) is 5.49. The molecule has 0 amide bonds. The molecule has 2 rings (SSSR count). The van der Waals surface area contributed by atoms with Gasteiger partial charge in [0.05, 0.1) is 18.1 Å². The average molecular weight is 330 g/mol. The summed E-state index contributed by atoms with van der Waals surface area (Å²) in [6.07, 6.45) is -1.29. The van der Waals surface area contributed by atoms with Crippen LogP contribution < -0.4 is 10.1 Å². The van der Waals surface area contributed by atoms with Gasteiger partial charge in [-0.3, -0.25) is 14.9 Å². The Labute approximate surface area is 139 Å². The van der Waals surface area contributed by atoms with Crippen molar-refractivity contribution in [3.8, 4) is 5.75 Å². The van der Waals surface area contributed by atoms with E-state index in [1.165, 1.54) is 38.3 Å². The van der Waals surface area contributed by atoms with Crippen molar-refractivity contribution >= 4 is 17.2 Å². The molecule has 0 saturated heterocycles. The lowest BCUT2D eigenvalue weighted by Gasteiger charge is -2.24. The number of anilines is 1. The molecule has 2 aromatic carbocycles. The molecule has 0 aliphatic heterocycles. The van der Waals surface area contributed by atoms with Crippen molar-refractivity contribution in [1.82, 2.24) is 0 Å². The summed E-state index contributed by atoms with van der Waals surface area (Å²) in [4.78, 5) is 21.9. The van der Waals surface area contributed by atoms with E-state index >= 15 is 0 Å². The molecule has 0 aliphatic rings. The molecule has 126 valence electrons. The van der Waals surface area contributed by atoms with Gasteiger partial charge in [0.2, 0.25) is 0 Å². The minimum atomic E-state index is -1.29. The second-order valence-electron chi connectivity index (χ2n) is 5.26. The first-order chi connectivity index (χ1) is 11.4. The number of aliphatic hydroxyl groups is 1. The van der Waals surface area contributed by atoms with Crippen molar-refractivity contribution < 1.29 is 19.6 Å². The van der Waals surface area contributed by atoms with E-state index in [2.05, 4.69) is 5.32 Å². The maximum atomic E-state index is 11.6. The van der Waals surface area contributed by atoms with Gasteiger partial charge in [-0.25, -0.2) is 0 Å². The lowest BCUT2D eigenvalue weighted by atomic mass is 9.98. The number of aliphatic hydroxyl groups excluding tert-OH is 1. The molecule has 0 spiro atoms. The van der Waals surface area contributed by atoms with Crippen LogP contribution in [0, 0.1) is 10.1 Å². The van der Waals surface area contributed by atoms with Crippen molar-refractivity contribution in [2.24, 2.45) is 0 Å². The van der Waals surface area contributed by atoms with E-state index < -0.39 is 22.9 Å². The van der Waals surface area contributed by atoms with Crippen LogP contribution in [0.1, 0.15) is 18.5 Å². The highest BCUT2D eigenvalue weighted by molar-refractivity contribution is 5.81. The maximum Gasteiger partial charge on any atom is 0.269 e. The van der Waals surface area contributed by atoms with Gasteiger partial charge in [-0.2, -0.15) is 0 Å². The minimum absolute atomic E-state index is 0.0591. The van der Waals surface area contributed by atoms with E-state index in [0.717, 1.165) is 0 Å². The number of benzene rings is 2. The zero-order chi connectivity index (χ0) is 17.7. The summed E-state index contributed by atoms with van der Waals surface area (Å²) in [5.41, 5.74) is 1.15. The van der Waals surface area contributed by atoms with Crippen LogP contribution in [0.4, 0.5) is 11.4 Å². The third-order valence-corrected chi connectivity index (χ3v) is 3.59. The highest BCUT2D eigenvalue weighted by atomic mass is 16.6. The molecule has 24 heavy (non-hydrogen) atoms. The Morgan fingerprint density at radius 1 is 1.25 bits per heavy atom. The van der Waals surface area contributed by atoms with Crippen molar-refractivity contribution in [3.63, 3.8) is 0 Å². The summed E-state index contributed by atoms with van der Waals surface area (Å²) in [7, 11) is 1.54. The van der Waals surface area contributed by atoms with Gasteiger partial charge in [-0.15, -0.1) is 0 Å². The van der Waals surface area contributed by atoms with Crippen LogP contribution in [0.3, 0.4) is 0 Å². The fourth-order valence-electron chi connectivity index (χ4n) is 2.28. The fourth-order valence-corrected chi connectivity index (χ4v) is 2.28. The Bertz CT molecular complexity index is 730. The number of nitro groups is 1. The summed E-state index contributed by atoms with van der Waals surface area (Å²) in [5, 5.41) is 24.1. The van der Waals surface area contributed by atoms with Crippen LogP contribution in [0.15, 0.2) is 48.5 Å². The smallest absolute Gasteiger partial charge is 0.269 e. The summed E-state index contributed by atoms with van der Waals surface area (Å²) in [6, 6.07) is 12.0. The Morgan fingerprint density at radius 3 is 2.46 bits per heavy atom. The van der Waals surface area contributed by atoms with Crippen LogP contribution in [-0.4, -0.2) is 29.0 Å². The lowest BCUT2D eigenvalue weighted by Crippen LogP contribution is -2.31. The molecule has 7 heteroatoms. The fraction of sp³-hybridized carbons (Fsp3) is 0.235. The van der Waals surface area contributed by atoms with Gasteiger partial charge in [0.25, 0.3) is 5.69 Å². The molecule has 0 fully saturated rings. The minimum Gasteiger partial charge on any atom is -0.497 e. The van der Waals surface area contributed by atoms with Gasteiger partial charge in [0, 0.05) is 23.9 Å². The summed E-state index contributed by atoms with van der Waals surface area (Å²) < 4.78 is 5.15. The monoisotopic (exact) mass is 330 g/mol. The number of carbonyl (C=O) groups excluding carboxylic acids is 1. The van der Waals surface area contributed by atoms with Crippen molar-refractivity contribution in [3.05, 3.63) is 64.2 Å². The number of hydrogen-bond acceptors (Lipinski definition) is 6. The molecule has 0 saturated carbocycles. The number of Topliss-reactive ketones (excluding diaryl/α,β-unsaturated/α-hetero) is 1. The number of nitrogens with zero attached hydrogens (tertiary/aromatic N) is 1. The highest BCUT2D eigenvalue weighted by Crippen LogP contribution is 2.27. The number of carbonyl (C=O) groups is 1. The third-order valence-electron chi connectivity index (χ3n) is 3.59. The SMILES string of the molecule is COc1cccc(N[C@H](c2ccc([N+](=O)[O-])cc2)[C@@H](O)C(C)=O)c1. The van der Waals surface area contributed by atoms with Crippen LogP contribution in [0.5, 0.6) is 5.75 Å². The predicted molar refractivity (Wildman–Crippen MR) is 89.1 cm³/mol. The first kappa shape index (κ1) is 17.4. The van der Waals surface area contributed by atoms with E-state index in [-0.39, 0.29) is 5.69 Å². The van der Waals surface area contributed by atoms with E-state index in [4.69, 9.17) is 4.74 Å². The summed E-state index contributed by atoms with van der Waals surface area (Å²) in [6.45, 7) is 1.29. The van der Waals surface area contributed by atoms with Gasteiger partial charge in [-0.1, -0.05) is 18.2 Å². The van der Waals surface area contributed by atoms with Crippen molar-refractivity contribution in [2.75, 3.05) is 12.4 Å². The highest BCUT2D eigenvalue weighted by Gasteiger charge is 2.25. The molecule has 0 heterocycles. The van der Waals surface area contributed by atoms with Gasteiger partial charge >= 0.3 is 0 Å². The maximum absolute atomic E-state index is 11.6. The van der Waals surface area contributed by atoms with E-state index in [1.54, 1.807) is 24.3 Å². The topological polar surface area (TPSA) is 102 Å². The summed E-state index contributed by atoms with van der Waals surface area (Å²) in [5.74, 6) is 0.216. The quantitative estimate of drug-likeness (QED) is 0.598. The average Bonchev–Trinajstić information content (AvgIpc) is 2.59. The summed E-state index contributed by atoms with van der Waals surface area (Å²) >= 11 is 0. The molecular formula is C17H18N2O5. The van der Waals surface area contributed by atoms with Gasteiger partial charge < -0.3 is 15.2 Å². The van der Waals surface area contributed by atoms with Crippen LogP contribution >= 0.6 is 0 Å². The molecule has 0 bridgehead atoms. The van der Waals surface area contributed by atoms with Gasteiger partial charge in [0.15, 0.2) is 5.78 Å². The number of nitro benzene ring substituents is 1. The van der Waals surface area contributed by atoms with Crippen molar-refractivity contribution in [2.45, 2.75) is 19.1 Å². The zero-order valence-corrected chi connectivity index (χ0v) is 13.3. The van der Waals surface area contributed by atoms with Crippen LogP contribution in [0.2, 0.25) is 0 Å². The molecule has 7 nitrogen and oxygen atoms in total. The van der Waals surface area contributed by atoms with Crippen LogP contribution in [0.25, 0.3) is 0 Å². The molecule has 0 radical (unpaired) electrons. The Balaban J connectivity index is 2.33. The standard InChI is InChI=1S/C17H18N2O5/c1-11(20)17(21)16(12-6-8-14(9-7-12)19(22)23)18-13-4-3-5-15(10-13)24-2/h3-10,16-18,21H,1-2H3/t16-,17+/m1/s1. The number of methoxy groups -OCH3 is 1. The number of rotatable bonds is 7. The first-order valence-corrected chi connectivity index (χ1v) is 7.26. The molecule has 0 unspecified atom stereocenters. The number of nitrogens with one attached hydrogen (secondary N) is 1. The largest absolute Gasteiger partial charge is 0.497 e. The van der Waals surface area contributed by atoms with Crippen molar-refractivity contribution in [1.29, 1.82) is 0 Å². The van der Waals surface area contributed by atoms with Gasteiger partial charge in [0.1, 0.15) is 11.9 Å². The molecule has 0 aliphatic carbocycles. The Morgan fingerprint density at radius 2 is 1.92 bits per heavy atom. The number of ether oxygens (including phenoxy) is 1. The first-order valence-electron chi connectivity index (χ1n) is 7.26. The van der Waals surface area contributed by atoms with E-state index in [1.807, 2.05) is 0 Å². The number of non-ortho nitro benzene ring substituents is 1. The second kappa shape index (κ2) is 7.56. The third kappa shape index (κ3) is 4.08. The number of ketones is 1. The van der Waals surface area contributed by atoms with E-state index in [9.17, 15) is 20.0 Å².